The van der Waals surface area contributed by atoms with Gasteiger partial charge in [0.05, 0.1) is 0 Å². The minimum atomic E-state index is 0.282. The first-order valence-electron chi connectivity index (χ1n) is 6.98. The number of rotatable bonds is 3. The van der Waals surface area contributed by atoms with E-state index in [-0.39, 0.29) is 5.92 Å². The summed E-state index contributed by atoms with van der Waals surface area (Å²) in [5, 5.41) is 0. The quantitative estimate of drug-likeness (QED) is 0.737. The largest absolute Gasteiger partial charge is 0.349 e. The van der Waals surface area contributed by atoms with Gasteiger partial charge in [-0.3, -0.25) is 4.79 Å². The van der Waals surface area contributed by atoms with Crippen LogP contribution in [0.5, 0.6) is 0 Å². The SMILES string of the molecule is CC(C)C(C)(C)C1CCC(C(=O)N(C)C)CC1. The Kier molecular flexibility index (Phi) is 4.62. The van der Waals surface area contributed by atoms with E-state index in [2.05, 4.69) is 27.7 Å². The van der Waals surface area contributed by atoms with Crippen LogP contribution in [0.2, 0.25) is 0 Å². The van der Waals surface area contributed by atoms with Gasteiger partial charge in [-0.1, -0.05) is 27.7 Å². The second-order valence-electron chi connectivity index (χ2n) is 6.76. The summed E-state index contributed by atoms with van der Waals surface area (Å²) in [6.07, 6.45) is 4.60. The number of nitrogens with zero attached hydrogens (tertiary/aromatic N) is 1. The third-order valence-corrected chi connectivity index (χ3v) is 5.06. The molecule has 0 atom stereocenters. The highest BCUT2D eigenvalue weighted by Gasteiger charge is 2.36. The van der Waals surface area contributed by atoms with Crippen molar-refractivity contribution in [1.82, 2.24) is 4.90 Å². The Morgan fingerprint density at radius 2 is 1.59 bits per heavy atom. The zero-order chi connectivity index (χ0) is 13.2. The summed E-state index contributed by atoms with van der Waals surface area (Å²) in [6.45, 7) is 9.40. The van der Waals surface area contributed by atoms with Gasteiger partial charge < -0.3 is 4.90 Å². The molecular formula is C15H29NO. The van der Waals surface area contributed by atoms with Crippen LogP contribution in [0.3, 0.4) is 0 Å². The molecule has 1 rings (SSSR count). The standard InChI is InChI=1S/C15H29NO/c1-11(2)15(3,4)13-9-7-12(8-10-13)14(17)16(5)6/h11-13H,7-10H2,1-6H3. The summed E-state index contributed by atoms with van der Waals surface area (Å²) >= 11 is 0. The molecule has 0 bridgehead atoms. The first-order valence-corrected chi connectivity index (χ1v) is 6.98. The van der Waals surface area contributed by atoms with Gasteiger partial charge in [-0.2, -0.15) is 0 Å². The van der Waals surface area contributed by atoms with Crippen molar-refractivity contribution in [2.24, 2.45) is 23.2 Å². The lowest BCUT2D eigenvalue weighted by Gasteiger charge is -2.42. The van der Waals surface area contributed by atoms with E-state index in [4.69, 9.17) is 0 Å². The first kappa shape index (κ1) is 14.5. The van der Waals surface area contributed by atoms with E-state index in [1.54, 1.807) is 4.90 Å². The van der Waals surface area contributed by atoms with Crippen LogP contribution in [0.15, 0.2) is 0 Å². The molecule has 0 aromatic heterocycles. The molecule has 100 valence electrons. The van der Waals surface area contributed by atoms with E-state index in [0.29, 0.717) is 17.2 Å². The summed E-state index contributed by atoms with van der Waals surface area (Å²) in [4.78, 5) is 13.7. The van der Waals surface area contributed by atoms with E-state index in [9.17, 15) is 4.79 Å². The van der Waals surface area contributed by atoms with Gasteiger partial charge in [-0.15, -0.1) is 0 Å². The second kappa shape index (κ2) is 5.41. The Morgan fingerprint density at radius 3 is 1.94 bits per heavy atom. The Balaban J connectivity index is 2.54. The van der Waals surface area contributed by atoms with Crippen molar-refractivity contribution in [2.45, 2.75) is 53.4 Å². The fourth-order valence-electron chi connectivity index (χ4n) is 2.92. The monoisotopic (exact) mass is 239 g/mol. The molecule has 0 aromatic rings. The molecule has 0 spiro atoms. The van der Waals surface area contributed by atoms with Crippen molar-refractivity contribution >= 4 is 5.91 Å². The Labute approximate surface area is 107 Å². The summed E-state index contributed by atoms with van der Waals surface area (Å²) in [6, 6.07) is 0. The smallest absolute Gasteiger partial charge is 0.225 e. The van der Waals surface area contributed by atoms with Gasteiger partial charge >= 0.3 is 0 Å². The van der Waals surface area contributed by atoms with Crippen LogP contribution in [-0.4, -0.2) is 24.9 Å². The molecule has 1 aliphatic rings. The van der Waals surface area contributed by atoms with Crippen LogP contribution < -0.4 is 0 Å². The van der Waals surface area contributed by atoms with E-state index in [0.717, 1.165) is 18.8 Å². The maximum absolute atomic E-state index is 11.9. The van der Waals surface area contributed by atoms with Gasteiger partial charge in [0.1, 0.15) is 0 Å². The van der Waals surface area contributed by atoms with E-state index in [1.807, 2.05) is 14.1 Å². The Morgan fingerprint density at radius 1 is 1.12 bits per heavy atom. The van der Waals surface area contributed by atoms with E-state index < -0.39 is 0 Å². The number of carbonyl (C=O) groups excluding carboxylic acids is 1. The lowest BCUT2D eigenvalue weighted by Crippen LogP contribution is -2.37. The Hall–Kier alpha value is -0.530. The molecule has 1 saturated carbocycles. The number of hydrogen-bond donors (Lipinski definition) is 0. The first-order chi connectivity index (χ1) is 7.76. The minimum absolute atomic E-state index is 0.282. The average molecular weight is 239 g/mol. The van der Waals surface area contributed by atoms with E-state index >= 15 is 0 Å². The summed E-state index contributed by atoms with van der Waals surface area (Å²) in [5.41, 5.74) is 0.409. The van der Waals surface area contributed by atoms with Crippen molar-refractivity contribution in [3.05, 3.63) is 0 Å². The average Bonchev–Trinajstić information content (AvgIpc) is 2.27. The molecular weight excluding hydrogens is 210 g/mol. The van der Waals surface area contributed by atoms with Crippen molar-refractivity contribution in [3.8, 4) is 0 Å². The fraction of sp³-hybridized carbons (Fsp3) is 0.933. The summed E-state index contributed by atoms with van der Waals surface area (Å²) in [5.74, 6) is 2.11. The normalized spacial score (nSPS) is 26.1. The third kappa shape index (κ3) is 3.23. The van der Waals surface area contributed by atoms with Gasteiger partial charge in [0.25, 0.3) is 0 Å². The van der Waals surface area contributed by atoms with Crippen LogP contribution >= 0.6 is 0 Å². The maximum atomic E-state index is 11.9. The molecule has 0 unspecified atom stereocenters. The molecule has 0 heterocycles. The molecule has 0 aliphatic heterocycles. The van der Waals surface area contributed by atoms with Crippen LogP contribution in [0, 0.1) is 23.2 Å². The summed E-state index contributed by atoms with van der Waals surface area (Å²) < 4.78 is 0. The van der Waals surface area contributed by atoms with E-state index in [1.165, 1.54) is 12.8 Å². The minimum Gasteiger partial charge on any atom is -0.349 e. The third-order valence-electron chi connectivity index (χ3n) is 5.06. The lowest BCUT2D eigenvalue weighted by atomic mass is 9.64. The molecule has 0 aromatic carbocycles. The Bertz CT molecular complexity index is 260. The molecule has 2 nitrogen and oxygen atoms in total. The van der Waals surface area contributed by atoms with Crippen molar-refractivity contribution < 1.29 is 4.79 Å². The number of carbonyl (C=O) groups is 1. The number of hydrogen-bond acceptors (Lipinski definition) is 1. The molecule has 17 heavy (non-hydrogen) atoms. The predicted octanol–water partition coefficient (Wildman–Crippen LogP) is 3.56. The van der Waals surface area contributed by atoms with Crippen LogP contribution in [-0.2, 0) is 4.79 Å². The van der Waals surface area contributed by atoms with Gasteiger partial charge in [0.15, 0.2) is 0 Å². The molecule has 2 heteroatoms. The second-order valence-corrected chi connectivity index (χ2v) is 6.76. The van der Waals surface area contributed by atoms with Gasteiger partial charge in [-0.05, 0) is 42.9 Å². The van der Waals surface area contributed by atoms with Crippen molar-refractivity contribution in [2.75, 3.05) is 14.1 Å². The zero-order valence-corrected chi connectivity index (χ0v) is 12.4. The van der Waals surface area contributed by atoms with Crippen LogP contribution in [0.4, 0.5) is 0 Å². The molecule has 0 N–H and O–H groups in total. The molecule has 0 radical (unpaired) electrons. The molecule has 0 saturated heterocycles. The molecule has 1 fully saturated rings. The van der Waals surface area contributed by atoms with Gasteiger partial charge in [0, 0.05) is 20.0 Å². The van der Waals surface area contributed by atoms with Crippen molar-refractivity contribution in [3.63, 3.8) is 0 Å². The number of amides is 1. The molecule has 1 aliphatic carbocycles. The highest BCUT2D eigenvalue weighted by atomic mass is 16.2. The predicted molar refractivity (Wildman–Crippen MR) is 72.8 cm³/mol. The van der Waals surface area contributed by atoms with Gasteiger partial charge in [-0.25, -0.2) is 0 Å². The van der Waals surface area contributed by atoms with Crippen LogP contribution in [0.25, 0.3) is 0 Å². The molecule has 1 amide bonds. The topological polar surface area (TPSA) is 20.3 Å². The fourth-order valence-corrected chi connectivity index (χ4v) is 2.92. The van der Waals surface area contributed by atoms with Crippen molar-refractivity contribution in [1.29, 1.82) is 0 Å². The highest BCUT2D eigenvalue weighted by molar-refractivity contribution is 5.78. The summed E-state index contributed by atoms with van der Waals surface area (Å²) in [7, 11) is 3.74. The van der Waals surface area contributed by atoms with Gasteiger partial charge in [0.2, 0.25) is 5.91 Å². The van der Waals surface area contributed by atoms with Crippen LogP contribution in [0.1, 0.15) is 53.4 Å². The maximum Gasteiger partial charge on any atom is 0.225 e. The zero-order valence-electron chi connectivity index (χ0n) is 12.4. The lowest BCUT2D eigenvalue weighted by molar-refractivity contribution is -0.134. The highest BCUT2D eigenvalue weighted by Crippen LogP contribution is 2.44.